The molecule has 2 bridgehead atoms. The Morgan fingerprint density at radius 2 is 1.71 bits per heavy atom. The van der Waals surface area contributed by atoms with Crippen LogP contribution in [0.2, 0.25) is 0 Å². The van der Waals surface area contributed by atoms with E-state index in [-0.39, 0.29) is 0 Å². The lowest BCUT2D eigenvalue weighted by Gasteiger charge is -2.51. The molecule has 0 N–H and O–H groups in total. The normalized spacial score (nSPS) is 34.4. The molecule has 5 heterocycles. The summed E-state index contributed by atoms with van der Waals surface area (Å²) in [6, 6.07) is 16.5. The largest absolute Gasteiger partial charge is 0.350 e. The van der Waals surface area contributed by atoms with E-state index in [0.29, 0.717) is 18.0 Å². The quantitative estimate of drug-likeness (QED) is 0.852. The lowest BCUT2D eigenvalue weighted by Crippen LogP contribution is -2.60. The molecule has 4 saturated heterocycles. The molecule has 4 aliphatic rings. The number of piperidine rings is 3. The summed E-state index contributed by atoms with van der Waals surface area (Å²) in [6.45, 7) is 5.60. The van der Waals surface area contributed by atoms with Gasteiger partial charge in [-0.3, -0.25) is 4.90 Å². The van der Waals surface area contributed by atoms with Gasteiger partial charge in [-0.1, -0.05) is 30.3 Å². The molecule has 4 fully saturated rings. The third-order valence-electron chi connectivity index (χ3n) is 6.30. The van der Waals surface area contributed by atoms with Gasteiger partial charge in [0.2, 0.25) is 0 Å². The van der Waals surface area contributed by atoms with Gasteiger partial charge in [-0.15, -0.1) is 5.10 Å². The van der Waals surface area contributed by atoms with Gasteiger partial charge in [0, 0.05) is 24.5 Å². The molecule has 124 valence electrons. The van der Waals surface area contributed by atoms with E-state index in [0.717, 1.165) is 24.0 Å². The van der Waals surface area contributed by atoms with Crippen LogP contribution in [0.4, 0.5) is 5.82 Å². The van der Waals surface area contributed by atoms with Gasteiger partial charge < -0.3 is 4.90 Å². The van der Waals surface area contributed by atoms with Crippen molar-refractivity contribution in [3.63, 3.8) is 0 Å². The maximum absolute atomic E-state index is 4.52. The minimum atomic E-state index is 0.572. The first-order valence-electron chi connectivity index (χ1n) is 9.17. The Labute approximate surface area is 143 Å². The van der Waals surface area contributed by atoms with Crippen molar-refractivity contribution in [2.24, 2.45) is 5.92 Å². The summed E-state index contributed by atoms with van der Waals surface area (Å²) in [7, 11) is 0. The predicted octanol–water partition coefficient (Wildman–Crippen LogP) is 2.85. The van der Waals surface area contributed by atoms with Crippen molar-refractivity contribution in [2.75, 3.05) is 24.5 Å². The Balaban J connectivity index is 1.56. The number of fused-ring (bicyclic) bond motifs is 2. The number of rotatable bonds is 2. The highest BCUT2D eigenvalue weighted by atomic mass is 15.4. The molecule has 2 aromatic rings. The molecule has 0 aliphatic carbocycles. The van der Waals surface area contributed by atoms with Gasteiger partial charge in [-0.2, -0.15) is 5.10 Å². The lowest BCUT2D eigenvalue weighted by atomic mass is 9.75. The summed E-state index contributed by atoms with van der Waals surface area (Å²) in [5.74, 6) is 2.43. The zero-order valence-corrected chi connectivity index (χ0v) is 14.2. The fraction of sp³-hybridized carbons (Fsp3) is 0.500. The SMILES string of the molecule is Cc1ccc(N2C[C@H](c3ccccc3)[C@H]3[C@@H]2C2CCN3CC2)nn1. The topological polar surface area (TPSA) is 32.3 Å². The Hall–Kier alpha value is -1.94. The Kier molecular flexibility index (Phi) is 3.33. The molecule has 0 saturated carbocycles. The Morgan fingerprint density at radius 3 is 2.42 bits per heavy atom. The van der Waals surface area contributed by atoms with Gasteiger partial charge in [0.05, 0.1) is 5.69 Å². The van der Waals surface area contributed by atoms with Crippen molar-refractivity contribution >= 4 is 5.82 Å². The van der Waals surface area contributed by atoms with Crippen LogP contribution in [0, 0.1) is 12.8 Å². The fourth-order valence-electron chi connectivity index (χ4n) is 5.22. The number of nitrogens with zero attached hydrogens (tertiary/aromatic N) is 4. The molecule has 6 rings (SSSR count). The second-order valence-electron chi connectivity index (χ2n) is 7.56. The summed E-state index contributed by atoms with van der Waals surface area (Å²) in [5.41, 5.74) is 2.46. The predicted molar refractivity (Wildman–Crippen MR) is 95.2 cm³/mol. The molecule has 1 aromatic heterocycles. The summed E-state index contributed by atoms with van der Waals surface area (Å²) in [4.78, 5) is 5.30. The van der Waals surface area contributed by atoms with E-state index in [9.17, 15) is 0 Å². The van der Waals surface area contributed by atoms with Crippen molar-refractivity contribution in [1.82, 2.24) is 15.1 Å². The maximum atomic E-state index is 4.52. The monoisotopic (exact) mass is 320 g/mol. The molecule has 0 spiro atoms. The molecule has 4 heteroatoms. The van der Waals surface area contributed by atoms with Gasteiger partial charge in [-0.05, 0) is 56.5 Å². The highest BCUT2D eigenvalue weighted by Gasteiger charge is 2.53. The molecule has 0 radical (unpaired) electrons. The van der Waals surface area contributed by atoms with E-state index in [1.165, 1.54) is 31.5 Å². The highest BCUT2D eigenvalue weighted by molar-refractivity contribution is 5.46. The van der Waals surface area contributed by atoms with Gasteiger partial charge >= 0.3 is 0 Å². The molecule has 1 aromatic carbocycles. The molecular weight excluding hydrogens is 296 g/mol. The minimum Gasteiger partial charge on any atom is -0.350 e. The van der Waals surface area contributed by atoms with E-state index in [2.05, 4.69) is 62.5 Å². The van der Waals surface area contributed by atoms with Crippen LogP contribution in [0.25, 0.3) is 0 Å². The molecule has 3 atom stereocenters. The summed E-state index contributed by atoms with van der Waals surface area (Å²) >= 11 is 0. The van der Waals surface area contributed by atoms with E-state index in [1.54, 1.807) is 0 Å². The first-order chi connectivity index (χ1) is 11.8. The second kappa shape index (κ2) is 5.55. The molecule has 4 nitrogen and oxygen atoms in total. The van der Waals surface area contributed by atoms with E-state index < -0.39 is 0 Å². The van der Waals surface area contributed by atoms with Crippen molar-refractivity contribution < 1.29 is 0 Å². The molecular formula is C20H24N4. The zero-order valence-electron chi connectivity index (χ0n) is 14.2. The summed E-state index contributed by atoms with van der Waals surface area (Å²) in [6.07, 6.45) is 2.66. The fourth-order valence-corrected chi connectivity index (χ4v) is 5.22. The van der Waals surface area contributed by atoms with Gasteiger partial charge in [0.15, 0.2) is 5.82 Å². The maximum Gasteiger partial charge on any atom is 0.151 e. The molecule has 24 heavy (non-hydrogen) atoms. The average Bonchev–Trinajstić information content (AvgIpc) is 3.07. The van der Waals surface area contributed by atoms with E-state index >= 15 is 0 Å². The molecule has 0 amide bonds. The highest BCUT2D eigenvalue weighted by Crippen LogP contribution is 2.47. The number of benzene rings is 1. The number of aryl methyl sites for hydroxylation is 1. The van der Waals surface area contributed by atoms with Crippen molar-refractivity contribution in [2.45, 2.75) is 37.8 Å². The number of hydrogen-bond acceptors (Lipinski definition) is 4. The second-order valence-corrected chi connectivity index (χ2v) is 7.56. The van der Waals surface area contributed by atoms with E-state index in [4.69, 9.17) is 0 Å². The van der Waals surface area contributed by atoms with Crippen LogP contribution in [0.1, 0.15) is 30.0 Å². The standard InChI is InChI=1S/C20H24N4/c1-14-7-8-18(22-21-14)24-13-17(15-5-3-2-4-6-15)20-19(24)16-9-11-23(20)12-10-16/h2-8,16-17,19-20H,9-13H2,1H3/t17-,19+,20+/m1/s1. The lowest BCUT2D eigenvalue weighted by molar-refractivity contribution is 0.0354. The van der Waals surface area contributed by atoms with Crippen LogP contribution < -0.4 is 4.90 Å². The van der Waals surface area contributed by atoms with Crippen LogP contribution in [0.3, 0.4) is 0 Å². The minimum absolute atomic E-state index is 0.572. The summed E-state index contributed by atoms with van der Waals surface area (Å²) in [5, 5.41) is 8.84. The Bertz CT molecular complexity index is 706. The van der Waals surface area contributed by atoms with Crippen LogP contribution in [-0.2, 0) is 0 Å². The average molecular weight is 320 g/mol. The third-order valence-corrected chi connectivity index (χ3v) is 6.30. The van der Waals surface area contributed by atoms with Crippen LogP contribution in [-0.4, -0.2) is 46.8 Å². The number of aromatic nitrogens is 2. The number of anilines is 1. The first-order valence-corrected chi connectivity index (χ1v) is 9.17. The first kappa shape index (κ1) is 14.4. The van der Waals surface area contributed by atoms with E-state index in [1.807, 2.05) is 6.92 Å². The molecule has 0 unspecified atom stereocenters. The van der Waals surface area contributed by atoms with Gasteiger partial charge in [0.1, 0.15) is 0 Å². The van der Waals surface area contributed by atoms with Crippen molar-refractivity contribution in [3.05, 3.63) is 53.7 Å². The third kappa shape index (κ3) is 2.16. The van der Waals surface area contributed by atoms with Crippen LogP contribution in [0.15, 0.2) is 42.5 Å². The van der Waals surface area contributed by atoms with Crippen LogP contribution in [0.5, 0.6) is 0 Å². The van der Waals surface area contributed by atoms with Crippen LogP contribution >= 0.6 is 0 Å². The summed E-state index contributed by atoms with van der Waals surface area (Å²) < 4.78 is 0. The Morgan fingerprint density at radius 1 is 0.917 bits per heavy atom. The zero-order chi connectivity index (χ0) is 16.1. The van der Waals surface area contributed by atoms with Crippen molar-refractivity contribution in [1.29, 1.82) is 0 Å². The van der Waals surface area contributed by atoms with Gasteiger partial charge in [0.25, 0.3) is 0 Å². The van der Waals surface area contributed by atoms with Gasteiger partial charge in [-0.25, -0.2) is 0 Å². The van der Waals surface area contributed by atoms with Crippen molar-refractivity contribution in [3.8, 4) is 0 Å². The number of hydrogen-bond donors (Lipinski definition) is 0. The smallest absolute Gasteiger partial charge is 0.151 e. The molecule has 4 aliphatic heterocycles.